The van der Waals surface area contributed by atoms with Gasteiger partial charge in [0.2, 0.25) is 0 Å². The van der Waals surface area contributed by atoms with Crippen LogP contribution in [0.5, 0.6) is 5.75 Å². The Morgan fingerprint density at radius 2 is 2.00 bits per heavy atom. The van der Waals surface area contributed by atoms with Crippen molar-refractivity contribution in [1.29, 1.82) is 0 Å². The Balaban J connectivity index is 1.79. The molecule has 5 heteroatoms. The summed E-state index contributed by atoms with van der Waals surface area (Å²) in [7, 11) is 0. The molecule has 1 aliphatic heterocycles. The molecule has 0 unspecified atom stereocenters. The molecule has 0 bridgehead atoms. The van der Waals surface area contributed by atoms with Gasteiger partial charge in [0.25, 0.3) is 0 Å². The molecule has 0 radical (unpaired) electrons. The summed E-state index contributed by atoms with van der Waals surface area (Å²) in [6, 6.07) is 13.9. The Morgan fingerprint density at radius 3 is 2.67 bits per heavy atom. The summed E-state index contributed by atoms with van der Waals surface area (Å²) in [4.78, 5) is 14.0. The Kier molecular flexibility index (Phi) is 6.14. The number of aryl methyl sites for hydroxylation is 1. The molecule has 2 N–H and O–H groups in total. The van der Waals surface area contributed by atoms with E-state index >= 15 is 0 Å². The summed E-state index contributed by atoms with van der Waals surface area (Å²) in [5.41, 5.74) is 4.07. The summed E-state index contributed by atoms with van der Waals surface area (Å²) in [5, 5.41) is 19.3. The van der Waals surface area contributed by atoms with Crippen LogP contribution < -0.4 is 4.74 Å². The summed E-state index contributed by atoms with van der Waals surface area (Å²) >= 11 is 0. The fourth-order valence-corrected chi connectivity index (χ4v) is 3.99. The second kappa shape index (κ2) is 8.55. The van der Waals surface area contributed by atoms with Gasteiger partial charge in [-0.1, -0.05) is 30.3 Å². The van der Waals surface area contributed by atoms with E-state index in [2.05, 4.69) is 4.90 Å². The lowest BCUT2D eigenvalue weighted by Gasteiger charge is -2.18. The van der Waals surface area contributed by atoms with Crippen molar-refractivity contribution in [3.8, 4) is 5.75 Å². The molecule has 2 aromatic carbocycles. The minimum atomic E-state index is -0.742. The van der Waals surface area contributed by atoms with Crippen LogP contribution in [0.15, 0.2) is 42.5 Å². The zero-order valence-corrected chi connectivity index (χ0v) is 15.9. The zero-order valence-electron chi connectivity index (χ0n) is 15.9. The van der Waals surface area contributed by atoms with E-state index in [0.29, 0.717) is 32.0 Å². The van der Waals surface area contributed by atoms with Crippen molar-refractivity contribution in [3.63, 3.8) is 0 Å². The highest BCUT2D eigenvalue weighted by atomic mass is 16.5. The number of carboxylic acids is 1. The monoisotopic (exact) mass is 369 g/mol. The van der Waals surface area contributed by atoms with Crippen molar-refractivity contribution in [2.24, 2.45) is 5.92 Å². The molecule has 0 spiro atoms. The van der Waals surface area contributed by atoms with E-state index in [1.807, 2.05) is 56.3 Å². The van der Waals surface area contributed by atoms with Crippen molar-refractivity contribution < 1.29 is 19.7 Å². The van der Waals surface area contributed by atoms with E-state index in [0.717, 1.165) is 22.3 Å². The minimum Gasteiger partial charge on any atom is -0.494 e. The van der Waals surface area contributed by atoms with Crippen LogP contribution in [-0.4, -0.2) is 40.8 Å². The molecular weight excluding hydrogens is 342 g/mol. The first kappa shape index (κ1) is 19.4. The summed E-state index contributed by atoms with van der Waals surface area (Å²) < 4.78 is 5.54. The first-order valence-corrected chi connectivity index (χ1v) is 9.39. The molecule has 0 saturated carbocycles. The second-order valence-corrected chi connectivity index (χ2v) is 7.14. The quantitative estimate of drug-likeness (QED) is 0.784. The average molecular weight is 369 g/mol. The van der Waals surface area contributed by atoms with E-state index in [-0.39, 0.29) is 12.5 Å². The molecule has 144 valence electrons. The molecule has 1 aliphatic rings. The number of nitrogens with zero attached hydrogens (tertiary/aromatic N) is 1. The summed E-state index contributed by atoms with van der Waals surface area (Å²) in [6.07, 6.45) is 0. The van der Waals surface area contributed by atoms with Gasteiger partial charge in [-0.2, -0.15) is 0 Å². The SMILES string of the molecule is CCOc1ccc(CN2C[C@@H](C(=O)O)[C@H](c3ccccc3C)C2)cc1CO. The van der Waals surface area contributed by atoms with Crippen LogP contribution in [0.4, 0.5) is 0 Å². The number of ether oxygens (including phenoxy) is 1. The smallest absolute Gasteiger partial charge is 0.308 e. The zero-order chi connectivity index (χ0) is 19.4. The molecule has 1 heterocycles. The minimum absolute atomic E-state index is 0.0105. The fraction of sp³-hybridized carbons (Fsp3) is 0.409. The van der Waals surface area contributed by atoms with Gasteiger partial charge in [0, 0.05) is 31.1 Å². The lowest BCUT2D eigenvalue weighted by molar-refractivity contribution is -0.141. The topological polar surface area (TPSA) is 70.0 Å². The number of carboxylic acid groups (broad SMARTS) is 1. The number of rotatable bonds is 7. The van der Waals surface area contributed by atoms with E-state index in [4.69, 9.17) is 4.74 Å². The third kappa shape index (κ3) is 4.31. The highest BCUT2D eigenvalue weighted by Crippen LogP contribution is 2.35. The van der Waals surface area contributed by atoms with Crippen LogP contribution in [0, 0.1) is 12.8 Å². The normalized spacial score (nSPS) is 20.0. The Hall–Kier alpha value is -2.37. The van der Waals surface area contributed by atoms with E-state index in [1.165, 1.54) is 0 Å². The predicted molar refractivity (Wildman–Crippen MR) is 104 cm³/mol. The number of benzene rings is 2. The molecule has 1 saturated heterocycles. The molecule has 2 atom stereocenters. The van der Waals surface area contributed by atoms with Crippen molar-refractivity contribution in [3.05, 3.63) is 64.7 Å². The van der Waals surface area contributed by atoms with Gasteiger partial charge in [-0.3, -0.25) is 9.69 Å². The fourth-order valence-electron chi connectivity index (χ4n) is 3.99. The number of carbonyl (C=O) groups is 1. The van der Waals surface area contributed by atoms with Crippen molar-refractivity contribution in [2.45, 2.75) is 32.9 Å². The third-order valence-corrected chi connectivity index (χ3v) is 5.30. The van der Waals surface area contributed by atoms with Gasteiger partial charge in [-0.25, -0.2) is 0 Å². The molecule has 27 heavy (non-hydrogen) atoms. The number of aliphatic hydroxyl groups excluding tert-OH is 1. The Bertz CT molecular complexity index is 805. The third-order valence-electron chi connectivity index (χ3n) is 5.30. The number of aliphatic carboxylic acids is 1. The van der Waals surface area contributed by atoms with Crippen LogP contribution in [0.1, 0.15) is 35.1 Å². The molecule has 0 aliphatic carbocycles. The van der Waals surface area contributed by atoms with Gasteiger partial charge in [0.05, 0.1) is 19.1 Å². The van der Waals surface area contributed by atoms with E-state index in [1.54, 1.807) is 0 Å². The van der Waals surface area contributed by atoms with Gasteiger partial charge < -0.3 is 14.9 Å². The maximum Gasteiger partial charge on any atom is 0.308 e. The maximum atomic E-state index is 11.8. The van der Waals surface area contributed by atoms with Gasteiger partial charge in [0.1, 0.15) is 5.75 Å². The molecule has 0 aromatic heterocycles. The number of aliphatic hydroxyl groups is 1. The number of hydrogen-bond donors (Lipinski definition) is 2. The van der Waals surface area contributed by atoms with Crippen LogP contribution in [-0.2, 0) is 17.9 Å². The van der Waals surface area contributed by atoms with Crippen molar-refractivity contribution >= 4 is 5.97 Å². The number of hydrogen-bond acceptors (Lipinski definition) is 4. The Labute approximate surface area is 160 Å². The average Bonchev–Trinajstić information content (AvgIpc) is 3.07. The summed E-state index contributed by atoms with van der Waals surface area (Å²) in [6.45, 7) is 6.32. The van der Waals surface area contributed by atoms with Gasteiger partial charge >= 0.3 is 5.97 Å². The van der Waals surface area contributed by atoms with Crippen LogP contribution in [0.2, 0.25) is 0 Å². The van der Waals surface area contributed by atoms with Gasteiger partial charge in [-0.15, -0.1) is 0 Å². The molecular formula is C22H27NO4. The Morgan fingerprint density at radius 1 is 1.22 bits per heavy atom. The maximum absolute atomic E-state index is 11.8. The highest BCUT2D eigenvalue weighted by Gasteiger charge is 2.38. The van der Waals surface area contributed by atoms with E-state index < -0.39 is 11.9 Å². The first-order valence-electron chi connectivity index (χ1n) is 9.39. The molecule has 2 aromatic rings. The first-order chi connectivity index (χ1) is 13.0. The standard InChI is InChI=1S/C22H27NO4/c1-3-27-21-9-8-16(10-17(21)14-24)11-23-12-19(20(13-23)22(25)26)18-7-5-4-6-15(18)2/h4-10,19-20,24H,3,11-14H2,1-2H3,(H,25,26)/t19-,20+/m0/s1. The van der Waals surface area contributed by atoms with Gasteiger partial charge in [-0.05, 0) is 42.7 Å². The van der Waals surface area contributed by atoms with Crippen molar-refractivity contribution in [1.82, 2.24) is 4.90 Å². The molecule has 5 nitrogen and oxygen atoms in total. The second-order valence-electron chi connectivity index (χ2n) is 7.14. The lowest BCUT2D eigenvalue weighted by Crippen LogP contribution is -2.23. The lowest BCUT2D eigenvalue weighted by atomic mass is 9.86. The predicted octanol–water partition coefficient (Wildman–Crippen LogP) is 3.19. The van der Waals surface area contributed by atoms with Crippen LogP contribution >= 0.6 is 0 Å². The molecule has 0 amide bonds. The van der Waals surface area contributed by atoms with E-state index in [9.17, 15) is 15.0 Å². The molecule has 3 rings (SSSR count). The number of likely N-dealkylation sites (tertiary alicyclic amines) is 1. The molecule has 1 fully saturated rings. The van der Waals surface area contributed by atoms with Crippen molar-refractivity contribution in [2.75, 3.05) is 19.7 Å². The van der Waals surface area contributed by atoms with Crippen LogP contribution in [0.25, 0.3) is 0 Å². The van der Waals surface area contributed by atoms with Crippen LogP contribution in [0.3, 0.4) is 0 Å². The van der Waals surface area contributed by atoms with Gasteiger partial charge in [0.15, 0.2) is 0 Å². The summed E-state index contributed by atoms with van der Waals surface area (Å²) in [5.74, 6) is -0.463. The highest BCUT2D eigenvalue weighted by molar-refractivity contribution is 5.72. The largest absolute Gasteiger partial charge is 0.494 e.